The zero-order valence-corrected chi connectivity index (χ0v) is 13.8. The molecule has 0 aromatic carbocycles. The molecular formula is C16H32N4O2. The minimum atomic E-state index is 0.215. The number of carbonyl (C=O) groups excluding carboxylic acids is 2. The molecule has 128 valence electrons. The monoisotopic (exact) mass is 312 g/mol. The van der Waals surface area contributed by atoms with E-state index < -0.39 is 0 Å². The summed E-state index contributed by atoms with van der Waals surface area (Å²) < 4.78 is 0. The van der Waals surface area contributed by atoms with Gasteiger partial charge in [-0.15, -0.1) is 0 Å². The second-order valence-corrected chi connectivity index (χ2v) is 5.96. The number of rotatable bonds is 10. The molecule has 6 heteroatoms. The minimum absolute atomic E-state index is 0.215. The van der Waals surface area contributed by atoms with Crippen molar-refractivity contribution < 1.29 is 9.59 Å². The molecular weight excluding hydrogens is 280 g/mol. The molecule has 0 saturated carbocycles. The van der Waals surface area contributed by atoms with E-state index in [1.807, 2.05) is 9.80 Å². The molecule has 22 heavy (non-hydrogen) atoms. The lowest BCUT2D eigenvalue weighted by Gasteiger charge is -2.35. The highest BCUT2D eigenvalue weighted by Crippen LogP contribution is 2.10. The standard InChI is InChI=1S/C16H32N4O2/c17-9-5-1-3-7-15(21)19-11-13-20(14-12-19)16(22)8-4-2-6-10-18/h1-14,17-18H2. The molecule has 0 radical (unpaired) electrons. The van der Waals surface area contributed by atoms with Crippen LogP contribution in [0.25, 0.3) is 0 Å². The van der Waals surface area contributed by atoms with Crippen LogP contribution in [0.5, 0.6) is 0 Å². The maximum Gasteiger partial charge on any atom is 0.222 e. The van der Waals surface area contributed by atoms with Gasteiger partial charge in [0.15, 0.2) is 0 Å². The van der Waals surface area contributed by atoms with Crippen LogP contribution >= 0.6 is 0 Å². The fourth-order valence-electron chi connectivity index (χ4n) is 2.72. The van der Waals surface area contributed by atoms with E-state index >= 15 is 0 Å². The SMILES string of the molecule is NCCCCCC(=O)N1CCN(C(=O)CCCCCN)CC1. The molecule has 0 aromatic heterocycles. The highest BCUT2D eigenvalue weighted by atomic mass is 16.2. The summed E-state index contributed by atoms with van der Waals surface area (Å²) in [5.41, 5.74) is 10.9. The van der Waals surface area contributed by atoms with Gasteiger partial charge in [-0.25, -0.2) is 0 Å². The van der Waals surface area contributed by atoms with Gasteiger partial charge in [-0.1, -0.05) is 12.8 Å². The first-order valence-corrected chi connectivity index (χ1v) is 8.64. The molecule has 6 nitrogen and oxygen atoms in total. The van der Waals surface area contributed by atoms with E-state index in [1.54, 1.807) is 0 Å². The molecule has 0 bridgehead atoms. The zero-order valence-electron chi connectivity index (χ0n) is 13.8. The Morgan fingerprint density at radius 2 is 1.00 bits per heavy atom. The number of amides is 2. The summed E-state index contributed by atoms with van der Waals surface area (Å²) in [4.78, 5) is 27.9. The largest absolute Gasteiger partial charge is 0.339 e. The molecule has 0 spiro atoms. The Morgan fingerprint density at radius 3 is 1.32 bits per heavy atom. The van der Waals surface area contributed by atoms with Gasteiger partial charge >= 0.3 is 0 Å². The number of piperazine rings is 1. The van der Waals surface area contributed by atoms with Crippen molar-refractivity contribution in [1.29, 1.82) is 0 Å². The second kappa shape index (κ2) is 11.4. The number of carbonyl (C=O) groups is 2. The molecule has 0 atom stereocenters. The highest BCUT2D eigenvalue weighted by molar-refractivity contribution is 5.78. The summed E-state index contributed by atoms with van der Waals surface area (Å²) in [5.74, 6) is 0.430. The van der Waals surface area contributed by atoms with Crippen molar-refractivity contribution >= 4 is 11.8 Å². The van der Waals surface area contributed by atoms with Gasteiger partial charge in [0, 0.05) is 39.0 Å². The van der Waals surface area contributed by atoms with Crippen LogP contribution in [0.2, 0.25) is 0 Å². The minimum Gasteiger partial charge on any atom is -0.339 e. The second-order valence-electron chi connectivity index (χ2n) is 5.96. The highest BCUT2D eigenvalue weighted by Gasteiger charge is 2.23. The van der Waals surface area contributed by atoms with E-state index in [9.17, 15) is 9.59 Å². The zero-order chi connectivity index (χ0) is 16.2. The molecule has 1 rings (SSSR count). The van der Waals surface area contributed by atoms with Crippen LogP contribution in [0.15, 0.2) is 0 Å². The van der Waals surface area contributed by atoms with Gasteiger partial charge in [-0.2, -0.15) is 0 Å². The van der Waals surface area contributed by atoms with E-state index in [4.69, 9.17) is 11.5 Å². The first-order valence-electron chi connectivity index (χ1n) is 8.64. The fraction of sp³-hybridized carbons (Fsp3) is 0.875. The van der Waals surface area contributed by atoms with Gasteiger partial charge in [0.2, 0.25) is 11.8 Å². The van der Waals surface area contributed by atoms with E-state index in [-0.39, 0.29) is 11.8 Å². The quantitative estimate of drug-likeness (QED) is 0.581. The number of nitrogens with zero attached hydrogens (tertiary/aromatic N) is 2. The van der Waals surface area contributed by atoms with Crippen LogP contribution in [-0.2, 0) is 9.59 Å². The number of unbranched alkanes of at least 4 members (excludes halogenated alkanes) is 4. The lowest BCUT2D eigenvalue weighted by molar-refractivity contribution is -0.139. The van der Waals surface area contributed by atoms with Crippen molar-refractivity contribution in [3.63, 3.8) is 0 Å². The molecule has 1 heterocycles. The molecule has 0 aliphatic carbocycles. The Labute approximate surface area is 134 Å². The van der Waals surface area contributed by atoms with E-state index in [1.165, 1.54) is 0 Å². The van der Waals surface area contributed by atoms with E-state index in [0.29, 0.717) is 52.1 Å². The van der Waals surface area contributed by atoms with Gasteiger partial charge in [0.25, 0.3) is 0 Å². The van der Waals surface area contributed by atoms with E-state index in [2.05, 4.69) is 0 Å². The van der Waals surface area contributed by atoms with Crippen LogP contribution in [0.1, 0.15) is 51.4 Å². The van der Waals surface area contributed by atoms with Crippen LogP contribution in [-0.4, -0.2) is 60.9 Å². The Hall–Kier alpha value is -1.14. The molecule has 0 unspecified atom stereocenters. The Balaban J connectivity index is 2.16. The summed E-state index contributed by atoms with van der Waals surface area (Å²) in [6.07, 6.45) is 7.04. The van der Waals surface area contributed by atoms with Gasteiger partial charge in [-0.3, -0.25) is 9.59 Å². The lowest BCUT2D eigenvalue weighted by atomic mass is 10.1. The lowest BCUT2D eigenvalue weighted by Crippen LogP contribution is -2.50. The van der Waals surface area contributed by atoms with Crippen molar-refractivity contribution in [3.05, 3.63) is 0 Å². The number of hydrogen-bond acceptors (Lipinski definition) is 4. The van der Waals surface area contributed by atoms with E-state index in [0.717, 1.165) is 38.5 Å². The summed E-state index contributed by atoms with van der Waals surface area (Å²) in [5, 5.41) is 0. The molecule has 1 fully saturated rings. The van der Waals surface area contributed by atoms with Gasteiger partial charge < -0.3 is 21.3 Å². The first-order chi connectivity index (χ1) is 10.7. The third kappa shape index (κ3) is 7.22. The number of hydrogen-bond donors (Lipinski definition) is 2. The number of nitrogens with two attached hydrogens (primary N) is 2. The Morgan fingerprint density at radius 1 is 0.636 bits per heavy atom. The third-order valence-electron chi connectivity index (χ3n) is 4.17. The van der Waals surface area contributed by atoms with Crippen LogP contribution in [0.3, 0.4) is 0 Å². The van der Waals surface area contributed by atoms with Gasteiger partial charge in [0.05, 0.1) is 0 Å². The summed E-state index contributed by atoms with van der Waals surface area (Å²) >= 11 is 0. The van der Waals surface area contributed by atoms with Crippen LogP contribution in [0, 0.1) is 0 Å². The smallest absolute Gasteiger partial charge is 0.222 e. The van der Waals surface area contributed by atoms with Gasteiger partial charge in [-0.05, 0) is 38.8 Å². The molecule has 1 aliphatic rings. The van der Waals surface area contributed by atoms with Crippen LogP contribution < -0.4 is 11.5 Å². The Bertz CT molecular complexity index is 296. The molecule has 4 N–H and O–H groups in total. The van der Waals surface area contributed by atoms with Crippen molar-refractivity contribution in [2.45, 2.75) is 51.4 Å². The summed E-state index contributed by atoms with van der Waals surface area (Å²) in [6, 6.07) is 0. The van der Waals surface area contributed by atoms with Crippen molar-refractivity contribution in [2.75, 3.05) is 39.3 Å². The maximum atomic E-state index is 12.1. The van der Waals surface area contributed by atoms with Crippen molar-refractivity contribution in [3.8, 4) is 0 Å². The average Bonchev–Trinajstić information content (AvgIpc) is 2.55. The summed E-state index contributed by atoms with van der Waals surface area (Å²) in [6.45, 7) is 4.07. The normalized spacial score (nSPS) is 15.2. The average molecular weight is 312 g/mol. The Kier molecular flexibility index (Phi) is 9.82. The molecule has 0 aromatic rings. The predicted octanol–water partition coefficient (Wildman–Crippen LogP) is 0.695. The van der Waals surface area contributed by atoms with Crippen LogP contribution in [0.4, 0.5) is 0 Å². The third-order valence-corrected chi connectivity index (χ3v) is 4.17. The fourth-order valence-corrected chi connectivity index (χ4v) is 2.72. The predicted molar refractivity (Wildman–Crippen MR) is 88.2 cm³/mol. The molecule has 1 saturated heterocycles. The first kappa shape index (κ1) is 18.9. The van der Waals surface area contributed by atoms with Crippen molar-refractivity contribution in [2.24, 2.45) is 11.5 Å². The molecule has 1 aliphatic heterocycles. The summed E-state index contributed by atoms with van der Waals surface area (Å²) in [7, 11) is 0. The van der Waals surface area contributed by atoms with Crippen molar-refractivity contribution in [1.82, 2.24) is 9.80 Å². The van der Waals surface area contributed by atoms with Gasteiger partial charge in [0.1, 0.15) is 0 Å². The topological polar surface area (TPSA) is 92.7 Å². The maximum absolute atomic E-state index is 12.1. The molecule has 2 amide bonds.